The van der Waals surface area contributed by atoms with Crippen LogP contribution in [0.4, 0.5) is 18.9 Å². The largest absolute Gasteiger partial charge is 0.477 e. The third-order valence-electron chi connectivity index (χ3n) is 3.23. The molecule has 0 saturated carbocycles. The predicted octanol–water partition coefficient (Wildman–Crippen LogP) is 3.16. The summed E-state index contributed by atoms with van der Waals surface area (Å²) >= 11 is 0. The minimum absolute atomic E-state index is 0.216. The lowest BCUT2D eigenvalue weighted by molar-refractivity contribution is -0.137. The molecule has 3 rings (SSSR count). The van der Waals surface area contributed by atoms with Crippen molar-refractivity contribution >= 4 is 16.6 Å². The first kappa shape index (κ1) is 12.1. The lowest BCUT2D eigenvalue weighted by Crippen LogP contribution is -2.13. The van der Waals surface area contributed by atoms with E-state index in [0.29, 0.717) is 23.6 Å². The van der Waals surface area contributed by atoms with Gasteiger partial charge in [0, 0.05) is 16.6 Å². The number of hydrogen-bond acceptors (Lipinski definition) is 3. The maximum Gasteiger partial charge on any atom is 0.416 e. The second kappa shape index (κ2) is 4.01. The molecule has 1 aliphatic heterocycles. The number of aromatic nitrogens is 1. The van der Waals surface area contributed by atoms with E-state index in [4.69, 9.17) is 10.5 Å². The zero-order valence-corrected chi connectivity index (χ0v) is 9.92. The van der Waals surface area contributed by atoms with Gasteiger partial charge in [-0.05, 0) is 25.0 Å². The molecule has 0 saturated heterocycles. The molecule has 0 unspecified atom stereocenters. The number of benzene rings is 1. The second-order valence-corrected chi connectivity index (χ2v) is 4.49. The van der Waals surface area contributed by atoms with E-state index in [9.17, 15) is 13.2 Å². The van der Waals surface area contributed by atoms with E-state index in [2.05, 4.69) is 4.98 Å². The first-order chi connectivity index (χ1) is 8.97. The smallest absolute Gasteiger partial charge is 0.416 e. The third-order valence-corrected chi connectivity index (χ3v) is 3.23. The molecule has 1 aromatic carbocycles. The van der Waals surface area contributed by atoms with E-state index in [1.54, 1.807) is 0 Å². The van der Waals surface area contributed by atoms with Gasteiger partial charge in [-0.25, -0.2) is 4.98 Å². The number of pyridine rings is 1. The van der Waals surface area contributed by atoms with Crippen LogP contribution in [0.25, 0.3) is 10.9 Å². The monoisotopic (exact) mass is 268 g/mol. The number of hydrogen-bond donors (Lipinski definition) is 1. The van der Waals surface area contributed by atoms with Gasteiger partial charge in [0.05, 0.1) is 17.7 Å². The molecule has 0 radical (unpaired) electrons. The van der Waals surface area contributed by atoms with Crippen LogP contribution in [-0.2, 0) is 12.6 Å². The first-order valence-corrected chi connectivity index (χ1v) is 5.89. The molecule has 0 fully saturated rings. The zero-order valence-electron chi connectivity index (χ0n) is 9.92. The fraction of sp³-hybridized carbons (Fsp3) is 0.308. The molecule has 0 amide bonds. The summed E-state index contributed by atoms with van der Waals surface area (Å²) in [7, 11) is 0. The number of nitrogen functional groups attached to an aromatic ring is 1. The summed E-state index contributed by atoms with van der Waals surface area (Å²) in [5.74, 6) is 0.357. The van der Waals surface area contributed by atoms with E-state index in [1.807, 2.05) is 0 Å². The summed E-state index contributed by atoms with van der Waals surface area (Å²) in [6.07, 6.45) is -2.81. The van der Waals surface area contributed by atoms with Crippen molar-refractivity contribution in [1.82, 2.24) is 4.98 Å². The summed E-state index contributed by atoms with van der Waals surface area (Å²) in [6.45, 7) is 0.518. The molecule has 0 aliphatic carbocycles. The second-order valence-electron chi connectivity index (χ2n) is 4.49. The van der Waals surface area contributed by atoms with Crippen LogP contribution in [0.2, 0.25) is 0 Å². The molecule has 0 atom stereocenters. The van der Waals surface area contributed by atoms with E-state index in [-0.39, 0.29) is 5.52 Å². The SMILES string of the molecule is Nc1c2c(nc3cc(C(F)(F)F)ccc13)OCCC2. The maximum atomic E-state index is 12.7. The highest BCUT2D eigenvalue weighted by molar-refractivity contribution is 5.93. The van der Waals surface area contributed by atoms with Gasteiger partial charge in [-0.3, -0.25) is 0 Å². The van der Waals surface area contributed by atoms with E-state index in [0.717, 1.165) is 30.5 Å². The van der Waals surface area contributed by atoms with Gasteiger partial charge in [-0.2, -0.15) is 13.2 Å². The van der Waals surface area contributed by atoms with Crippen molar-refractivity contribution in [3.8, 4) is 5.88 Å². The fourth-order valence-corrected chi connectivity index (χ4v) is 2.26. The standard InChI is InChI=1S/C13H11F3N2O/c14-13(15,16)7-3-4-8-10(6-7)18-12-9(11(8)17)2-1-5-19-12/h3-4,6H,1-2,5H2,(H2,17,18). The number of anilines is 1. The van der Waals surface area contributed by atoms with Gasteiger partial charge in [0.15, 0.2) is 0 Å². The van der Waals surface area contributed by atoms with Gasteiger partial charge in [0.25, 0.3) is 0 Å². The Morgan fingerprint density at radius 1 is 1.26 bits per heavy atom. The van der Waals surface area contributed by atoms with Gasteiger partial charge in [0.2, 0.25) is 5.88 Å². The molecule has 1 aliphatic rings. The van der Waals surface area contributed by atoms with Crippen LogP contribution in [0.1, 0.15) is 17.5 Å². The van der Waals surface area contributed by atoms with Crippen LogP contribution < -0.4 is 10.5 Å². The number of alkyl halides is 3. The van der Waals surface area contributed by atoms with Crippen LogP contribution in [-0.4, -0.2) is 11.6 Å². The third kappa shape index (κ3) is 1.97. The van der Waals surface area contributed by atoms with Crippen LogP contribution in [0, 0.1) is 0 Å². The van der Waals surface area contributed by atoms with Gasteiger partial charge in [-0.1, -0.05) is 6.07 Å². The van der Waals surface area contributed by atoms with Gasteiger partial charge >= 0.3 is 6.18 Å². The van der Waals surface area contributed by atoms with Crippen molar-refractivity contribution < 1.29 is 17.9 Å². The molecule has 100 valence electrons. The molecule has 3 nitrogen and oxygen atoms in total. The van der Waals surface area contributed by atoms with Crippen LogP contribution in [0.3, 0.4) is 0 Å². The first-order valence-electron chi connectivity index (χ1n) is 5.89. The summed E-state index contributed by atoms with van der Waals surface area (Å²) in [5, 5.41) is 0.539. The topological polar surface area (TPSA) is 48.1 Å². The number of ether oxygens (including phenoxy) is 1. The molecule has 0 bridgehead atoms. The van der Waals surface area contributed by atoms with E-state index < -0.39 is 11.7 Å². The molecule has 0 spiro atoms. The average molecular weight is 268 g/mol. The number of halogens is 3. The molecule has 19 heavy (non-hydrogen) atoms. The Labute approximate surface area is 107 Å². The van der Waals surface area contributed by atoms with Crippen molar-refractivity contribution in [2.45, 2.75) is 19.0 Å². The molecule has 2 heterocycles. The quantitative estimate of drug-likeness (QED) is 0.798. The van der Waals surface area contributed by atoms with E-state index in [1.165, 1.54) is 6.07 Å². The van der Waals surface area contributed by atoms with Gasteiger partial charge < -0.3 is 10.5 Å². The Morgan fingerprint density at radius 3 is 2.79 bits per heavy atom. The van der Waals surface area contributed by atoms with Crippen LogP contribution in [0.15, 0.2) is 18.2 Å². The minimum Gasteiger partial charge on any atom is -0.477 e. The van der Waals surface area contributed by atoms with Crippen molar-refractivity contribution in [2.75, 3.05) is 12.3 Å². The van der Waals surface area contributed by atoms with Crippen molar-refractivity contribution in [3.05, 3.63) is 29.3 Å². The Morgan fingerprint density at radius 2 is 2.05 bits per heavy atom. The molecule has 2 N–H and O–H groups in total. The molecular formula is C13H11F3N2O. The van der Waals surface area contributed by atoms with Gasteiger partial charge in [-0.15, -0.1) is 0 Å². The molecule has 2 aromatic rings. The van der Waals surface area contributed by atoms with Crippen molar-refractivity contribution in [2.24, 2.45) is 0 Å². The van der Waals surface area contributed by atoms with E-state index >= 15 is 0 Å². The average Bonchev–Trinajstić information content (AvgIpc) is 2.37. The number of fused-ring (bicyclic) bond motifs is 2. The highest BCUT2D eigenvalue weighted by atomic mass is 19.4. The summed E-state index contributed by atoms with van der Waals surface area (Å²) in [5.41, 5.74) is 6.74. The highest BCUT2D eigenvalue weighted by Gasteiger charge is 2.31. The van der Waals surface area contributed by atoms with Crippen LogP contribution >= 0.6 is 0 Å². The lowest BCUT2D eigenvalue weighted by Gasteiger charge is -2.19. The number of rotatable bonds is 0. The Kier molecular flexibility index (Phi) is 2.55. The maximum absolute atomic E-state index is 12.7. The highest BCUT2D eigenvalue weighted by Crippen LogP contribution is 2.36. The Balaban J connectivity index is 2.24. The van der Waals surface area contributed by atoms with Crippen LogP contribution in [0.5, 0.6) is 5.88 Å². The summed E-state index contributed by atoms with van der Waals surface area (Å²) in [4.78, 5) is 4.15. The molecular weight excluding hydrogens is 257 g/mol. The van der Waals surface area contributed by atoms with Crippen molar-refractivity contribution in [1.29, 1.82) is 0 Å². The number of nitrogens with two attached hydrogens (primary N) is 1. The minimum atomic E-state index is -4.39. The lowest BCUT2D eigenvalue weighted by atomic mass is 10.0. The fourth-order valence-electron chi connectivity index (χ4n) is 2.26. The van der Waals surface area contributed by atoms with Crippen molar-refractivity contribution in [3.63, 3.8) is 0 Å². The Bertz CT molecular complexity index is 652. The van der Waals surface area contributed by atoms with Gasteiger partial charge in [0.1, 0.15) is 0 Å². The Hall–Kier alpha value is -1.98. The summed E-state index contributed by atoms with van der Waals surface area (Å²) in [6, 6.07) is 3.40. The molecule has 1 aromatic heterocycles. The predicted molar refractivity (Wildman–Crippen MR) is 65.0 cm³/mol. The zero-order chi connectivity index (χ0) is 13.6. The summed E-state index contributed by atoms with van der Waals surface area (Å²) < 4.78 is 43.4. The number of nitrogens with zero attached hydrogens (tertiary/aromatic N) is 1. The normalized spacial score (nSPS) is 15.1. The molecule has 6 heteroatoms.